The van der Waals surface area contributed by atoms with Gasteiger partial charge in [-0.2, -0.15) is 0 Å². The fourth-order valence-electron chi connectivity index (χ4n) is 0.726. The molecular weight excluding hydrogens is 166 g/mol. The van der Waals surface area contributed by atoms with Gasteiger partial charge in [0.2, 0.25) is 0 Å². The van der Waals surface area contributed by atoms with Crippen LogP contribution in [-0.2, 0) is 9.78 Å². The Labute approximate surface area is 81.9 Å². The molecule has 0 N–H and O–H groups in total. The van der Waals surface area contributed by atoms with Gasteiger partial charge in [-0.25, -0.2) is 9.78 Å². The summed E-state index contributed by atoms with van der Waals surface area (Å²) >= 11 is 0. The Kier molecular flexibility index (Phi) is 6.29. The smallest absolute Gasteiger partial charge is 0.135 e. The molecular formula is C10H23NO2. The zero-order valence-electron chi connectivity index (χ0n) is 9.59. The van der Waals surface area contributed by atoms with E-state index in [1.54, 1.807) is 0 Å². The van der Waals surface area contributed by atoms with Gasteiger partial charge in [0.1, 0.15) is 6.73 Å². The van der Waals surface area contributed by atoms with Crippen LogP contribution in [0.5, 0.6) is 0 Å². The lowest BCUT2D eigenvalue weighted by atomic mass is 10.1. The lowest BCUT2D eigenvalue weighted by Crippen LogP contribution is -2.30. The third-order valence-corrected chi connectivity index (χ3v) is 2.27. The maximum absolute atomic E-state index is 5.27. The molecule has 0 aromatic heterocycles. The van der Waals surface area contributed by atoms with Crippen LogP contribution in [0.2, 0.25) is 0 Å². The van der Waals surface area contributed by atoms with Gasteiger partial charge in [-0.15, -0.1) is 0 Å². The molecule has 0 fully saturated rings. The molecule has 0 amide bonds. The molecule has 0 spiro atoms. The van der Waals surface area contributed by atoms with Gasteiger partial charge in [0.05, 0.1) is 5.60 Å². The highest BCUT2D eigenvalue weighted by molar-refractivity contribution is 4.61. The molecule has 0 saturated carbocycles. The summed E-state index contributed by atoms with van der Waals surface area (Å²) in [6.07, 6.45) is 0.950. The highest BCUT2D eigenvalue weighted by Crippen LogP contribution is 2.13. The zero-order chi connectivity index (χ0) is 10.3. The first-order valence-electron chi connectivity index (χ1n) is 5.08. The lowest BCUT2D eigenvalue weighted by Gasteiger charge is -2.24. The van der Waals surface area contributed by atoms with Crippen molar-refractivity contribution in [3.05, 3.63) is 0 Å². The van der Waals surface area contributed by atoms with E-state index in [-0.39, 0.29) is 5.60 Å². The molecule has 0 aliphatic heterocycles. The van der Waals surface area contributed by atoms with Crippen molar-refractivity contribution in [2.24, 2.45) is 0 Å². The second-order valence-corrected chi connectivity index (χ2v) is 3.75. The summed E-state index contributed by atoms with van der Waals surface area (Å²) in [6.45, 7) is 12.9. The van der Waals surface area contributed by atoms with Crippen LogP contribution in [0.4, 0.5) is 0 Å². The summed E-state index contributed by atoms with van der Waals surface area (Å²) in [5.41, 5.74) is -0.173. The number of rotatable bonds is 7. The molecule has 0 aromatic carbocycles. The largest absolute Gasteiger partial charge is 0.279 e. The third kappa shape index (κ3) is 6.02. The second-order valence-electron chi connectivity index (χ2n) is 3.75. The summed E-state index contributed by atoms with van der Waals surface area (Å²) in [6, 6.07) is 0. The van der Waals surface area contributed by atoms with Gasteiger partial charge >= 0.3 is 0 Å². The minimum atomic E-state index is -0.173. The molecule has 0 aromatic rings. The highest BCUT2D eigenvalue weighted by Gasteiger charge is 2.16. The number of hydrogen-bond acceptors (Lipinski definition) is 3. The standard InChI is InChI=1S/C10H23NO2/c1-6-10(4,5)13-12-9-11(7-2)8-3/h6-9H2,1-5H3. The van der Waals surface area contributed by atoms with Crippen LogP contribution in [0, 0.1) is 0 Å². The van der Waals surface area contributed by atoms with Crippen LogP contribution in [0.15, 0.2) is 0 Å². The van der Waals surface area contributed by atoms with Crippen LogP contribution in [0.3, 0.4) is 0 Å². The van der Waals surface area contributed by atoms with Crippen molar-refractivity contribution in [2.75, 3.05) is 19.8 Å². The minimum Gasteiger partial charge on any atom is -0.279 e. The fourth-order valence-corrected chi connectivity index (χ4v) is 0.726. The SMILES string of the molecule is CCN(CC)COOC(C)(C)CC. The van der Waals surface area contributed by atoms with Crippen molar-refractivity contribution in [1.82, 2.24) is 4.90 Å². The molecule has 0 saturated heterocycles. The molecule has 0 heterocycles. The minimum absolute atomic E-state index is 0.173. The number of hydrogen-bond donors (Lipinski definition) is 0. The average Bonchev–Trinajstić information content (AvgIpc) is 2.12. The molecule has 0 rings (SSSR count). The normalized spacial score (nSPS) is 12.5. The van der Waals surface area contributed by atoms with E-state index >= 15 is 0 Å². The van der Waals surface area contributed by atoms with Crippen LogP contribution in [-0.4, -0.2) is 30.3 Å². The van der Waals surface area contributed by atoms with Crippen molar-refractivity contribution in [3.63, 3.8) is 0 Å². The van der Waals surface area contributed by atoms with Crippen LogP contribution >= 0.6 is 0 Å². The third-order valence-electron chi connectivity index (χ3n) is 2.27. The maximum Gasteiger partial charge on any atom is 0.135 e. The number of nitrogens with zero attached hydrogens (tertiary/aromatic N) is 1. The second kappa shape index (κ2) is 6.35. The van der Waals surface area contributed by atoms with Crippen LogP contribution in [0.1, 0.15) is 41.0 Å². The Bertz CT molecular complexity index is 122. The molecule has 13 heavy (non-hydrogen) atoms. The summed E-state index contributed by atoms with van der Waals surface area (Å²) in [7, 11) is 0. The molecule has 0 aliphatic carbocycles. The zero-order valence-corrected chi connectivity index (χ0v) is 9.59. The summed E-state index contributed by atoms with van der Waals surface area (Å²) < 4.78 is 0. The van der Waals surface area contributed by atoms with E-state index < -0.39 is 0 Å². The van der Waals surface area contributed by atoms with E-state index in [1.165, 1.54) is 0 Å². The quantitative estimate of drug-likeness (QED) is 0.349. The summed E-state index contributed by atoms with van der Waals surface area (Å²) in [4.78, 5) is 12.6. The van der Waals surface area contributed by atoms with Gasteiger partial charge in [-0.3, -0.25) is 4.90 Å². The topological polar surface area (TPSA) is 21.7 Å². The van der Waals surface area contributed by atoms with Crippen molar-refractivity contribution in [1.29, 1.82) is 0 Å². The Morgan fingerprint density at radius 3 is 2.00 bits per heavy atom. The van der Waals surface area contributed by atoms with Crippen molar-refractivity contribution >= 4 is 0 Å². The monoisotopic (exact) mass is 189 g/mol. The maximum atomic E-state index is 5.27. The van der Waals surface area contributed by atoms with E-state index in [2.05, 4.69) is 25.7 Å². The van der Waals surface area contributed by atoms with Gasteiger partial charge in [0.25, 0.3) is 0 Å². The van der Waals surface area contributed by atoms with E-state index in [0.29, 0.717) is 6.73 Å². The van der Waals surface area contributed by atoms with Gasteiger partial charge in [-0.1, -0.05) is 20.8 Å². The predicted octanol–water partition coefficient (Wildman–Crippen LogP) is 2.42. The van der Waals surface area contributed by atoms with Crippen LogP contribution in [0.25, 0.3) is 0 Å². The molecule has 3 heteroatoms. The Hall–Kier alpha value is -0.120. The lowest BCUT2D eigenvalue weighted by molar-refractivity contribution is -0.368. The van der Waals surface area contributed by atoms with Crippen LogP contribution < -0.4 is 0 Å². The predicted molar refractivity (Wildman–Crippen MR) is 54.3 cm³/mol. The van der Waals surface area contributed by atoms with E-state index in [0.717, 1.165) is 19.5 Å². The molecule has 0 aliphatic rings. The Morgan fingerprint density at radius 2 is 1.62 bits per heavy atom. The van der Waals surface area contributed by atoms with Crippen molar-refractivity contribution in [2.45, 2.75) is 46.6 Å². The van der Waals surface area contributed by atoms with E-state index in [1.807, 2.05) is 13.8 Å². The first kappa shape index (κ1) is 12.9. The average molecular weight is 189 g/mol. The first-order valence-corrected chi connectivity index (χ1v) is 5.08. The first-order chi connectivity index (χ1) is 6.05. The molecule has 0 radical (unpaired) electrons. The molecule has 80 valence electrons. The van der Waals surface area contributed by atoms with E-state index in [9.17, 15) is 0 Å². The summed E-state index contributed by atoms with van der Waals surface area (Å²) in [5, 5.41) is 0. The Balaban J connectivity index is 3.54. The molecule has 0 unspecified atom stereocenters. The van der Waals surface area contributed by atoms with Gasteiger partial charge in [0, 0.05) is 0 Å². The highest BCUT2D eigenvalue weighted by atomic mass is 17.2. The van der Waals surface area contributed by atoms with Gasteiger partial charge in [-0.05, 0) is 33.4 Å². The van der Waals surface area contributed by atoms with E-state index in [4.69, 9.17) is 9.78 Å². The summed E-state index contributed by atoms with van der Waals surface area (Å²) in [5.74, 6) is 0. The Morgan fingerprint density at radius 1 is 1.08 bits per heavy atom. The molecule has 3 nitrogen and oxygen atoms in total. The van der Waals surface area contributed by atoms with Crippen molar-refractivity contribution < 1.29 is 9.78 Å². The molecule has 0 atom stereocenters. The van der Waals surface area contributed by atoms with Gasteiger partial charge in [0.15, 0.2) is 0 Å². The fraction of sp³-hybridized carbons (Fsp3) is 1.00. The van der Waals surface area contributed by atoms with Crippen molar-refractivity contribution in [3.8, 4) is 0 Å². The molecule has 0 bridgehead atoms. The van der Waals surface area contributed by atoms with Gasteiger partial charge < -0.3 is 0 Å².